The summed E-state index contributed by atoms with van der Waals surface area (Å²) in [5, 5.41) is 2.25. The quantitative estimate of drug-likeness (QED) is 0.397. The Morgan fingerprint density at radius 2 is 1.76 bits per heavy atom. The molecule has 1 aliphatic rings. The zero-order valence-corrected chi connectivity index (χ0v) is 18.0. The lowest BCUT2D eigenvalue weighted by Crippen LogP contribution is -2.38. The van der Waals surface area contributed by atoms with E-state index in [2.05, 4.69) is 42.0 Å². The van der Waals surface area contributed by atoms with Gasteiger partial charge in [0.1, 0.15) is 5.75 Å². The van der Waals surface area contributed by atoms with Crippen LogP contribution in [0, 0.1) is 0 Å². The van der Waals surface area contributed by atoms with E-state index in [1.54, 1.807) is 0 Å². The van der Waals surface area contributed by atoms with Crippen LogP contribution in [-0.2, 0) is 4.79 Å². The molecule has 2 aromatic carbocycles. The third-order valence-corrected chi connectivity index (χ3v) is 5.61. The van der Waals surface area contributed by atoms with E-state index in [9.17, 15) is 4.79 Å². The average Bonchev–Trinajstić information content (AvgIpc) is 2.97. The first-order chi connectivity index (χ1) is 14.0. The Kier molecular flexibility index (Phi) is 7.32. The molecule has 1 fully saturated rings. The van der Waals surface area contributed by atoms with Gasteiger partial charge in [-0.2, -0.15) is 0 Å². The molecule has 1 aliphatic heterocycles. The molecule has 29 heavy (non-hydrogen) atoms. The summed E-state index contributed by atoms with van der Waals surface area (Å²) in [5.74, 6) is 0.843. The number of carbonyl (C=O) groups is 1. The van der Waals surface area contributed by atoms with Crippen molar-refractivity contribution in [2.75, 3.05) is 6.61 Å². The topological polar surface area (TPSA) is 50.4 Å². The average molecular weight is 395 g/mol. The fraction of sp³-hybridized carbons (Fsp3) is 0.480. The molecule has 1 saturated heterocycles. The predicted octanol–water partition coefficient (Wildman–Crippen LogP) is 5.77. The smallest absolute Gasteiger partial charge is 0.263 e. The highest BCUT2D eigenvalue weighted by molar-refractivity contribution is 6.04. The lowest BCUT2D eigenvalue weighted by Gasteiger charge is -2.17. The van der Waals surface area contributed by atoms with Gasteiger partial charge in [-0.3, -0.25) is 10.2 Å². The second kappa shape index (κ2) is 9.93. The maximum absolute atomic E-state index is 12.2. The van der Waals surface area contributed by atoms with Crippen LogP contribution in [0.1, 0.15) is 71.3 Å². The Morgan fingerprint density at radius 1 is 1.00 bits per heavy atom. The van der Waals surface area contributed by atoms with E-state index in [1.807, 2.05) is 32.1 Å². The number of unbranched alkanes of at least 4 members (excludes halogenated alkanes) is 6. The molecule has 1 amide bonds. The van der Waals surface area contributed by atoms with E-state index < -0.39 is 5.54 Å². The lowest BCUT2D eigenvalue weighted by molar-refractivity contribution is -0.116. The number of ether oxygens (including phenoxy) is 1. The second-order valence-corrected chi connectivity index (χ2v) is 8.46. The Bertz CT molecular complexity index is 870. The monoisotopic (exact) mass is 394 g/mol. The number of amides is 1. The van der Waals surface area contributed by atoms with Crippen molar-refractivity contribution in [3.63, 3.8) is 0 Å². The molecule has 0 aromatic heterocycles. The van der Waals surface area contributed by atoms with E-state index in [0.29, 0.717) is 0 Å². The van der Waals surface area contributed by atoms with Gasteiger partial charge in [0.05, 0.1) is 12.1 Å². The van der Waals surface area contributed by atoms with Crippen LogP contribution in [0.3, 0.4) is 0 Å². The number of hydrogen-bond acceptors (Lipinski definition) is 3. The summed E-state index contributed by atoms with van der Waals surface area (Å²) in [6, 6.07) is 12.4. The van der Waals surface area contributed by atoms with Crippen molar-refractivity contribution in [3.8, 4) is 5.75 Å². The Balaban J connectivity index is 1.62. The minimum Gasteiger partial charge on any atom is -0.494 e. The molecule has 0 aliphatic carbocycles. The highest BCUT2D eigenvalue weighted by Gasteiger charge is 2.34. The Hall–Kier alpha value is -2.33. The molecular formula is C25H34N2O2. The molecule has 4 heteroatoms. The van der Waals surface area contributed by atoms with Gasteiger partial charge in [-0.25, -0.2) is 5.43 Å². The molecule has 0 bridgehead atoms. The normalized spacial score (nSPS) is 17.1. The third-order valence-electron chi connectivity index (χ3n) is 5.61. The SMILES string of the molecule is CCCCCCCCCOc1ccc2c(/C=C3\C(=O)NNC3(C)C)cccc2c1. The summed E-state index contributed by atoms with van der Waals surface area (Å²) in [6.07, 6.45) is 11.0. The molecule has 3 rings (SSSR count). The number of fused-ring (bicyclic) bond motifs is 1. The molecule has 0 radical (unpaired) electrons. The molecule has 2 N–H and O–H groups in total. The van der Waals surface area contributed by atoms with Gasteiger partial charge in [-0.15, -0.1) is 0 Å². The van der Waals surface area contributed by atoms with Crippen molar-refractivity contribution in [1.29, 1.82) is 0 Å². The molecule has 0 atom stereocenters. The minimum atomic E-state index is -0.390. The zero-order chi connectivity index (χ0) is 20.7. The molecule has 0 saturated carbocycles. The van der Waals surface area contributed by atoms with Gasteiger partial charge in [-0.1, -0.05) is 69.7 Å². The molecule has 2 aromatic rings. The van der Waals surface area contributed by atoms with Crippen molar-refractivity contribution < 1.29 is 9.53 Å². The highest BCUT2D eigenvalue weighted by atomic mass is 16.5. The van der Waals surface area contributed by atoms with Crippen LogP contribution in [0.2, 0.25) is 0 Å². The second-order valence-electron chi connectivity index (χ2n) is 8.46. The zero-order valence-electron chi connectivity index (χ0n) is 18.0. The van der Waals surface area contributed by atoms with Gasteiger partial charge in [0, 0.05) is 5.57 Å². The summed E-state index contributed by atoms with van der Waals surface area (Å²) in [5.41, 5.74) is 7.13. The molecular weight excluding hydrogens is 360 g/mol. The summed E-state index contributed by atoms with van der Waals surface area (Å²) >= 11 is 0. The van der Waals surface area contributed by atoms with Gasteiger partial charge in [0.15, 0.2) is 0 Å². The van der Waals surface area contributed by atoms with Crippen molar-refractivity contribution >= 4 is 22.8 Å². The van der Waals surface area contributed by atoms with Gasteiger partial charge < -0.3 is 4.74 Å². The van der Waals surface area contributed by atoms with Crippen LogP contribution in [0.25, 0.3) is 16.8 Å². The number of hydrogen-bond donors (Lipinski definition) is 2. The number of rotatable bonds is 10. The lowest BCUT2D eigenvalue weighted by atomic mass is 9.92. The van der Waals surface area contributed by atoms with Crippen LogP contribution >= 0.6 is 0 Å². The van der Waals surface area contributed by atoms with Gasteiger partial charge in [0.25, 0.3) is 5.91 Å². The first kappa shape index (κ1) is 21.4. The number of carbonyl (C=O) groups excluding carboxylic acids is 1. The number of benzene rings is 2. The first-order valence-electron chi connectivity index (χ1n) is 11.0. The van der Waals surface area contributed by atoms with E-state index in [-0.39, 0.29) is 5.91 Å². The van der Waals surface area contributed by atoms with Crippen LogP contribution in [0.15, 0.2) is 42.0 Å². The van der Waals surface area contributed by atoms with Crippen molar-refractivity contribution in [2.24, 2.45) is 0 Å². The Morgan fingerprint density at radius 3 is 2.48 bits per heavy atom. The molecule has 0 unspecified atom stereocenters. The van der Waals surface area contributed by atoms with E-state index in [0.717, 1.165) is 40.7 Å². The van der Waals surface area contributed by atoms with Crippen molar-refractivity contribution in [1.82, 2.24) is 10.9 Å². The number of hydrazine groups is 1. The summed E-state index contributed by atoms with van der Waals surface area (Å²) < 4.78 is 5.98. The van der Waals surface area contributed by atoms with Crippen LogP contribution in [0.5, 0.6) is 5.75 Å². The van der Waals surface area contributed by atoms with Crippen LogP contribution in [-0.4, -0.2) is 18.1 Å². The minimum absolute atomic E-state index is 0.0679. The van der Waals surface area contributed by atoms with Crippen molar-refractivity contribution in [3.05, 3.63) is 47.5 Å². The van der Waals surface area contributed by atoms with E-state index in [4.69, 9.17) is 4.74 Å². The van der Waals surface area contributed by atoms with Gasteiger partial charge >= 0.3 is 0 Å². The maximum atomic E-state index is 12.2. The van der Waals surface area contributed by atoms with E-state index in [1.165, 1.54) is 38.5 Å². The van der Waals surface area contributed by atoms with Crippen LogP contribution in [0.4, 0.5) is 0 Å². The maximum Gasteiger partial charge on any atom is 0.263 e. The highest BCUT2D eigenvalue weighted by Crippen LogP contribution is 2.29. The standard InChI is InChI=1S/C25H34N2O2/c1-4-5-6-7-8-9-10-16-29-21-14-15-22-19(17-21)12-11-13-20(22)18-23-24(28)26-27-25(23,2)3/h11-15,17-18,27H,4-10,16H2,1-3H3,(H,26,28)/b23-18+. The summed E-state index contributed by atoms with van der Waals surface area (Å²) in [4.78, 5) is 12.2. The Labute approximate surface area is 174 Å². The fourth-order valence-electron chi connectivity index (χ4n) is 3.78. The largest absolute Gasteiger partial charge is 0.494 e. The molecule has 0 spiro atoms. The summed E-state index contributed by atoms with van der Waals surface area (Å²) in [7, 11) is 0. The number of nitrogens with one attached hydrogen (secondary N) is 2. The molecule has 4 nitrogen and oxygen atoms in total. The first-order valence-corrected chi connectivity index (χ1v) is 11.0. The van der Waals surface area contributed by atoms with Crippen LogP contribution < -0.4 is 15.6 Å². The predicted molar refractivity (Wildman–Crippen MR) is 121 cm³/mol. The van der Waals surface area contributed by atoms with Gasteiger partial charge in [-0.05, 0) is 54.8 Å². The van der Waals surface area contributed by atoms with Gasteiger partial charge in [0.2, 0.25) is 0 Å². The molecule has 156 valence electrons. The van der Waals surface area contributed by atoms with Crippen molar-refractivity contribution in [2.45, 2.75) is 71.3 Å². The molecule has 1 heterocycles. The fourth-order valence-corrected chi connectivity index (χ4v) is 3.78. The van der Waals surface area contributed by atoms with E-state index >= 15 is 0 Å². The summed E-state index contributed by atoms with van der Waals surface area (Å²) in [6.45, 7) is 7.01. The third kappa shape index (κ3) is 5.60.